The number of para-hydroxylation sites is 1. The van der Waals surface area contributed by atoms with Crippen molar-refractivity contribution in [2.45, 2.75) is 33.1 Å². The Balaban J connectivity index is 1.64. The van der Waals surface area contributed by atoms with E-state index in [0.29, 0.717) is 0 Å². The first-order valence-electron chi connectivity index (χ1n) is 10.2. The molecule has 0 N–H and O–H groups in total. The maximum atomic E-state index is 12.7. The number of Topliss-reactive ketones (excluding diaryl/α,β-unsaturated/α-hetero) is 1. The number of carbonyl (C=O) groups is 3. The Kier molecular flexibility index (Phi) is 6.79. The van der Waals surface area contributed by atoms with Gasteiger partial charge in [0.05, 0.1) is 10.8 Å². The summed E-state index contributed by atoms with van der Waals surface area (Å²) in [6, 6.07) is 11.0. The molecule has 2 aromatic rings. The molecule has 1 heterocycles. The van der Waals surface area contributed by atoms with E-state index in [4.69, 9.17) is 4.74 Å². The minimum atomic E-state index is -0.647. The summed E-state index contributed by atoms with van der Waals surface area (Å²) in [6.07, 6.45) is 1.57. The molecule has 0 aromatic heterocycles. The fraction of sp³-hybridized carbons (Fsp3) is 0.348. The molecule has 162 valence electrons. The molecule has 1 amide bonds. The molecular formula is C23H24N2O6. The second-order valence-electron chi connectivity index (χ2n) is 7.37. The van der Waals surface area contributed by atoms with Crippen LogP contribution in [-0.2, 0) is 27.2 Å². The average molecular weight is 424 g/mol. The topological polar surface area (TPSA) is 107 Å². The van der Waals surface area contributed by atoms with Crippen LogP contribution < -0.4 is 4.90 Å². The molecule has 1 atom stereocenters. The van der Waals surface area contributed by atoms with Crippen molar-refractivity contribution in [2.75, 3.05) is 18.1 Å². The number of non-ortho nitro benzene ring substituents is 1. The van der Waals surface area contributed by atoms with Gasteiger partial charge in [-0.1, -0.05) is 32.0 Å². The molecule has 0 radical (unpaired) electrons. The number of hydrogen-bond acceptors (Lipinski definition) is 6. The molecule has 0 spiro atoms. The number of carbonyl (C=O) groups excluding carboxylic acids is 3. The third-order valence-electron chi connectivity index (χ3n) is 5.44. The minimum Gasteiger partial charge on any atom is -0.457 e. The quantitative estimate of drug-likeness (QED) is 0.278. The van der Waals surface area contributed by atoms with Gasteiger partial charge in [0, 0.05) is 36.3 Å². The lowest BCUT2D eigenvalue weighted by Crippen LogP contribution is -2.29. The molecule has 2 aromatic carbocycles. The number of benzene rings is 2. The van der Waals surface area contributed by atoms with Gasteiger partial charge in [0.1, 0.15) is 0 Å². The first-order valence-corrected chi connectivity index (χ1v) is 10.2. The first-order chi connectivity index (χ1) is 14.8. The van der Waals surface area contributed by atoms with E-state index in [1.807, 2.05) is 32.0 Å². The number of hydrogen-bond donors (Lipinski definition) is 0. The Morgan fingerprint density at radius 2 is 1.71 bits per heavy atom. The van der Waals surface area contributed by atoms with Gasteiger partial charge in [-0.05, 0) is 36.1 Å². The third-order valence-corrected chi connectivity index (χ3v) is 5.44. The van der Waals surface area contributed by atoms with E-state index in [1.54, 1.807) is 4.90 Å². The Morgan fingerprint density at radius 1 is 1.10 bits per heavy atom. The number of amides is 1. The van der Waals surface area contributed by atoms with Crippen molar-refractivity contribution in [3.8, 4) is 0 Å². The number of nitrogens with zero attached hydrogens (tertiary/aromatic N) is 2. The highest BCUT2D eigenvalue weighted by Gasteiger charge is 2.37. The number of nitro groups is 1. The van der Waals surface area contributed by atoms with Crippen LogP contribution in [-0.4, -0.2) is 35.7 Å². The number of esters is 1. The lowest BCUT2D eigenvalue weighted by Gasteiger charge is -2.23. The second kappa shape index (κ2) is 9.51. The molecule has 1 saturated heterocycles. The fourth-order valence-corrected chi connectivity index (χ4v) is 3.75. The molecular weight excluding hydrogens is 400 g/mol. The summed E-state index contributed by atoms with van der Waals surface area (Å²) < 4.78 is 5.16. The number of ketones is 1. The summed E-state index contributed by atoms with van der Waals surface area (Å²) in [4.78, 5) is 49.2. The van der Waals surface area contributed by atoms with Crippen LogP contribution in [0.5, 0.6) is 0 Å². The van der Waals surface area contributed by atoms with Crippen LogP contribution in [0.3, 0.4) is 0 Å². The van der Waals surface area contributed by atoms with Crippen LogP contribution in [0.2, 0.25) is 0 Å². The predicted molar refractivity (Wildman–Crippen MR) is 114 cm³/mol. The Labute approximate surface area is 180 Å². The zero-order chi connectivity index (χ0) is 22.5. The van der Waals surface area contributed by atoms with Crippen LogP contribution in [0.15, 0.2) is 42.5 Å². The van der Waals surface area contributed by atoms with Crippen LogP contribution in [0.25, 0.3) is 0 Å². The molecule has 0 aliphatic carbocycles. The second-order valence-corrected chi connectivity index (χ2v) is 7.37. The fourth-order valence-electron chi connectivity index (χ4n) is 3.75. The minimum absolute atomic E-state index is 0.0335. The monoisotopic (exact) mass is 424 g/mol. The maximum Gasteiger partial charge on any atom is 0.311 e. The van der Waals surface area contributed by atoms with Gasteiger partial charge >= 0.3 is 5.97 Å². The van der Waals surface area contributed by atoms with Gasteiger partial charge in [-0.2, -0.15) is 0 Å². The summed E-state index contributed by atoms with van der Waals surface area (Å²) in [5.74, 6) is -1.85. The summed E-state index contributed by atoms with van der Waals surface area (Å²) in [7, 11) is 0. The third kappa shape index (κ3) is 4.79. The predicted octanol–water partition coefficient (Wildman–Crippen LogP) is 3.50. The largest absolute Gasteiger partial charge is 0.457 e. The number of anilines is 1. The molecule has 1 fully saturated rings. The van der Waals surface area contributed by atoms with Crippen LogP contribution in [0, 0.1) is 16.0 Å². The zero-order valence-corrected chi connectivity index (χ0v) is 17.5. The van der Waals surface area contributed by atoms with Crippen molar-refractivity contribution >= 4 is 29.0 Å². The Morgan fingerprint density at radius 3 is 2.26 bits per heavy atom. The summed E-state index contributed by atoms with van der Waals surface area (Å²) in [5, 5.41) is 10.7. The van der Waals surface area contributed by atoms with Crippen molar-refractivity contribution in [3.05, 3.63) is 69.3 Å². The highest BCUT2D eigenvalue weighted by molar-refractivity contribution is 6.01. The highest BCUT2D eigenvalue weighted by Crippen LogP contribution is 2.32. The lowest BCUT2D eigenvalue weighted by molar-refractivity contribution is -0.384. The molecule has 8 nitrogen and oxygen atoms in total. The van der Waals surface area contributed by atoms with Gasteiger partial charge in [-0.15, -0.1) is 0 Å². The molecule has 0 unspecified atom stereocenters. The van der Waals surface area contributed by atoms with E-state index < -0.39 is 29.2 Å². The van der Waals surface area contributed by atoms with Gasteiger partial charge in [-0.3, -0.25) is 24.5 Å². The first kappa shape index (κ1) is 22.1. The molecule has 1 aliphatic rings. The summed E-state index contributed by atoms with van der Waals surface area (Å²) >= 11 is 0. The van der Waals surface area contributed by atoms with Crippen molar-refractivity contribution in [1.82, 2.24) is 0 Å². The molecule has 3 rings (SSSR count). The van der Waals surface area contributed by atoms with Gasteiger partial charge in [0.25, 0.3) is 5.69 Å². The summed E-state index contributed by atoms with van der Waals surface area (Å²) in [5.41, 5.74) is 3.06. The lowest BCUT2D eigenvalue weighted by atomic mass is 10.0. The SMILES string of the molecule is CCc1cccc(CC)c1N1C[C@@H](C(=O)OCC(=O)c2ccc([N+](=O)[O-])cc2)CC1=O. The number of nitro benzene ring substituents is 1. The van der Waals surface area contributed by atoms with E-state index in [9.17, 15) is 24.5 Å². The molecule has 8 heteroatoms. The van der Waals surface area contributed by atoms with E-state index in [0.717, 1.165) is 29.7 Å². The standard InChI is InChI=1S/C23H24N2O6/c1-3-15-6-5-7-16(4-2)22(15)24-13-18(12-21(24)27)23(28)31-14-20(26)17-8-10-19(11-9-17)25(29)30/h5-11,18H,3-4,12-14H2,1-2H3/t18-/m0/s1. The van der Waals surface area contributed by atoms with E-state index >= 15 is 0 Å². The Bertz CT molecular complexity index is 993. The summed E-state index contributed by atoms with van der Waals surface area (Å²) in [6.45, 7) is 3.78. The van der Waals surface area contributed by atoms with Crippen LogP contribution in [0.1, 0.15) is 41.8 Å². The highest BCUT2D eigenvalue weighted by atomic mass is 16.6. The Hall–Kier alpha value is -3.55. The van der Waals surface area contributed by atoms with Gasteiger partial charge in [0.2, 0.25) is 5.91 Å². The zero-order valence-electron chi connectivity index (χ0n) is 17.5. The van der Waals surface area contributed by atoms with E-state index in [1.165, 1.54) is 24.3 Å². The van der Waals surface area contributed by atoms with Crippen molar-refractivity contribution in [3.63, 3.8) is 0 Å². The van der Waals surface area contributed by atoms with Gasteiger partial charge in [-0.25, -0.2) is 0 Å². The number of aryl methyl sites for hydroxylation is 2. The van der Waals surface area contributed by atoms with Crippen molar-refractivity contribution in [1.29, 1.82) is 0 Å². The van der Waals surface area contributed by atoms with Crippen molar-refractivity contribution in [2.24, 2.45) is 5.92 Å². The number of rotatable bonds is 8. The van der Waals surface area contributed by atoms with Crippen LogP contribution >= 0.6 is 0 Å². The smallest absolute Gasteiger partial charge is 0.311 e. The van der Waals surface area contributed by atoms with Gasteiger partial charge in [0.15, 0.2) is 12.4 Å². The molecule has 1 aliphatic heterocycles. The maximum absolute atomic E-state index is 12.7. The van der Waals surface area contributed by atoms with E-state index in [2.05, 4.69) is 0 Å². The average Bonchev–Trinajstić information content (AvgIpc) is 3.17. The van der Waals surface area contributed by atoms with Crippen molar-refractivity contribution < 1.29 is 24.0 Å². The van der Waals surface area contributed by atoms with Gasteiger partial charge < -0.3 is 9.64 Å². The van der Waals surface area contributed by atoms with E-state index in [-0.39, 0.29) is 30.1 Å². The van der Waals surface area contributed by atoms with Crippen LogP contribution in [0.4, 0.5) is 11.4 Å². The molecule has 0 bridgehead atoms. The number of ether oxygens (including phenoxy) is 1. The molecule has 31 heavy (non-hydrogen) atoms. The normalized spacial score (nSPS) is 15.7. The molecule has 0 saturated carbocycles.